The van der Waals surface area contributed by atoms with Gasteiger partial charge in [-0.25, -0.2) is 0 Å². The fourth-order valence-corrected chi connectivity index (χ4v) is 2.12. The highest BCUT2D eigenvalue weighted by Gasteiger charge is 2.20. The maximum absolute atomic E-state index is 11.0. The molecule has 14 heavy (non-hydrogen) atoms. The fourth-order valence-electron chi connectivity index (χ4n) is 2.12. The van der Waals surface area contributed by atoms with Gasteiger partial charge in [-0.3, -0.25) is 4.79 Å². The van der Waals surface area contributed by atoms with Crippen molar-refractivity contribution in [2.24, 2.45) is 5.92 Å². The molecule has 0 aromatic rings. The van der Waals surface area contributed by atoms with E-state index in [1.54, 1.807) is 7.05 Å². The summed E-state index contributed by atoms with van der Waals surface area (Å²) in [6.45, 7) is 3.12. The minimum Gasteiger partial charge on any atom is -0.359 e. The van der Waals surface area contributed by atoms with Crippen molar-refractivity contribution in [3.05, 3.63) is 0 Å². The molecule has 1 aliphatic rings. The van der Waals surface area contributed by atoms with E-state index in [-0.39, 0.29) is 5.91 Å². The number of amides is 1. The van der Waals surface area contributed by atoms with Gasteiger partial charge in [-0.1, -0.05) is 19.8 Å². The summed E-state index contributed by atoms with van der Waals surface area (Å²) in [5.41, 5.74) is 0. The SMILES string of the molecule is CNC(=O)CCNC1CCCCC1C. The van der Waals surface area contributed by atoms with E-state index >= 15 is 0 Å². The van der Waals surface area contributed by atoms with E-state index in [1.165, 1.54) is 25.7 Å². The molecule has 1 fully saturated rings. The molecule has 0 aliphatic heterocycles. The molecule has 2 unspecified atom stereocenters. The molecular weight excluding hydrogens is 176 g/mol. The molecule has 3 nitrogen and oxygen atoms in total. The molecule has 0 spiro atoms. The topological polar surface area (TPSA) is 41.1 Å². The van der Waals surface area contributed by atoms with E-state index in [2.05, 4.69) is 17.6 Å². The van der Waals surface area contributed by atoms with Crippen LogP contribution in [0.1, 0.15) is 39.0 Å². The zero-order valence-electron chi connectivity index (χ0n) is 9.31. The van der Waals surface area contributed by atoms with Crippen molar-refractivity contribution in [1.29, 1.82) is 0 Å². The molecule has 1 aliphatic carbocycles. The number of carbonyl (C=O) groups is 1. The normalized spacial score (nSPS) is 27.3. The smallest absolute Gasteiger partial charge is 0.221 e. The Bertz CT molecular complexity index is 182. The molecule has 0 aromatic heterocycles. The first-order valence-electron chi connectivity index (χ1n) is 5.68. The Morgan fingerprint density at radius 3 is 2.71 bits per heavy atom. The van der Waals surface area contributed by atoms with Crippen LogP contribution >= 0.6 is 0 Å². The molecular formula is C11H22N2O. The minimum atomic E-state index is 0.126. The van der Waals surface area contributed by atoms with Gasteiger partial charge in [0.15, 0.2) is 0 Å². The van der Waals surface area contributed by atoms with Gasteiger partial charge in [0.1, 0.15) is 0 Å². The Morgan fingerprint density at radius 2 is 2.07 bits per heavy atom. The van der Waals surface area contributed by atoms with Gasteiger partial charge in [-0.15, -0.1) is 0 Å². The van der Waals surface area contributed by atoms with E-state index in [9.17, 15) is 4.79 Å². The number of nitrogens with one attached hydrogen (secondary N) is 2. The quantitative estimate of drug-likeness (QED) is 0.714. The molecule has 0 bridgehead atoms. The molecule has 2 atom stereocenters. The van der Waals surface area contributed by atoms with Gasteiger partial charge in [0.25, 0.3) is 0 Å². The van der Waals surface area contributed by atoms with Gasteiger partial charge in [-0.05, 0) is 18.8 Å². The van der Waals surface area contributed by atoms with Crippen molar-refractivity contribution in [2.45, 2.75) is 45.1 Å². The van der Waals surface area contributed by atoms with Crippen LogP contribution in [0.25, 0.3) is 0 Å². The van der Waals surface area contributed by atoms with Gasteiger partial charge in [0.05, 0.1) is 0 Å². The molecule has 1 amide bonds. The fraction of sp³-hybridized carbons (Fsp3) is 0.909. The lowest BCUT2D eigenvalue weighted by Crippen LogP contribution is -2.39. The van der Waals surface area contributed by atoms with Crippen molar-refractivity contribution >= 4 is 5.91 Å². The van der Waals surface area contributed by atoms with Gasteiger partial charge in [-0.2, -0.15) is 0 Å². The maximum atomic E-state index is 11.0. The molecule has 2 N–H and O–H groups in total. The van der Waals surface area contributed by atoms with E-state index in [4.69, 9.17) is 0 Å². The second-order valence-corrected chi connectivity index (χ2v) is 4.25. The monoisotopic (exact) mass is 198 g/mol. The molecule has 0 heterocycles. The number of hydrogen-bond donors (Lipinski definition) is 2. The van der Waals surface area contributed by atoms with Crippen LogP contribution in [0.5, 0.6) is 0 Å². The summed E-state index contributed by atoms with van der Waals surface area (Å²) in [5, 5.41) is 6.11. The maximum Gasteiger partial charge on any atom is 0.221 e. The highest BCUT2D eigenvalue weighted by molar-refractivity contribution is 5.75. The van der Waals surface area contributed by atoms with Crippen LogP contribution in [-0.2, 0) is 4.79 Å². The van der Waals surface area contributed by atoms with Crippen molar-refractivity contribution in [2.75, 3.05) is 13.6 Å². The first-order valence-corrected chi connectivity index (χ1v) is 5.68. The van der Waals surface area contributed by atoms with E-state index < -0.39 is 0 Å². The predicted octanol–water partition coefficient (Wildman–Crippen LogP) is 1.29. The Kier molecular flexibility index (Phi) is 4.94. The first kappa shape index (κ1) is 11.5. The van der Waals surface area contributed by atoms with Crippen molar-refractivity contribution < 1.29 is 4.79 Å². The zero-order valence-corrected chi connectivity index (χ0v) is 9.31. The number of rotatable bonds is 4. The third-order valence-electron chi connectivity index (χ3n) is 3.15. The third kappa shape index (κ3) is 3.66. The van der Waals surface area contributed by atoms with Gasteiger partial charge in [0.2, 0.25) is 5.91 Å². The molecule has 1 saturated carbocycles. The Balaban J connectivity index is 2.13. The molecule has 0 saturated heterocycles. The van der Waals surface area contributed by atoms with Crippen LogP contribution in [0.4, 0.5) is 0 Å². The molecule has 82 valence electrons. The van der Waals surface area contributed by atoms with Gasteiger partial charge in [0, 0.05) is 26.1 Å². The Labute approximate surface area is 86.6 Å². The van der Waals surface area contributed by atoms with Crippen LogP contribution in [0.2, 0.25) is 0 Å². The first-order chi connectivity index (χ1) is 6.74. The highest BCUT2D eigenvalue weighted by atomic mass is 16.1. The number of hydrogen-bond acceptors (Lipinski definition) is 2. The minimum absolute atomic E-state index is 0.126. The second-order valence-electron chi connectivity index (χ2n) is 4.25. The van der Waals surface area contributed by atoms with Gasteiger partial charge >= 0.3 is 0 Å². The largest absolute Gasteiger partial charge is 0.359 e. The molecule has 0 aromatic carbocycles. The summed E-state index contributed by atoms with van der Waals surface area (Å²) in [6.07, 6.45) is 5.91. The van der Waals surface area contributed by atoms with Gasteiger partial charge < -0.3 is 10.6 Å². The van der Waals surface area contributed by atoms with Crippen LogP contribution in [0, 0.1) is 5.92 Å². The van der Waals surface area contributed by atoms with E-state index in [0.717, 1.165) is 12.5 Å². The van der Waals surface area contributed by atoms with Crippen molar-refractivity contribution in [1.82, 2.24) is 10.6 Å². The standard InChI is InChI=1S/C11H22N2O/c1-9-5-3-4-6-10(9)13-8-7-11(14)12-2/h9-10,13H,3-8H2,1-2H3,(H,12,14). The van der Waals surface area contributed by atoms with E-state index in [0.29, 0.717) is 12.5 Å². The van der Waals surface area contributed by atoms with Crippen molar-refractivity contribution in [3.63, 3.8) is 0 Å². The average Bonchev–Trinajstić information content (AvgIpc) is 2.20. The summed E-state index contributed by atoms with van der Waals surface area (Å²) >= 11 is 0. The third-order valence-corrected chi connectivity index (χ3v) is 3.15. The van der Waals surface area contributed by atoms with Crippen molar-refractivity contribution in [3.8, 4) is 0 Å². The second kappa shape index (κ2) is 6.02. The van der Waals surface area contributed by atoms with Crippen LogP contribution in [-0.4, -0.2) is 25.5 Å². The number of carbonyl (C=O) groups excluding carboxylic acids is 1. The summed E-state index contributed by atoms with van der Waals surface area (Å²) in [7, 11) is 1.69. The molecule has 3 heteroatoms. The summed E-state index contributed by atoms with van der Waals surface area (Å²) in [4.78, 5) is 11.0. The van der Waals surface area contributed by atoms with Crippen LogP contribution in [0.3, 0.4) is 0 Å². The Morgan fingerprint density at radius 1 is 1.36 bits per heavy atom. The summed E-state index contributed by atoms with van der Waals surface area (Å²) < 4.78 is 0. The predicted molar refractivity (Wildman–Crippen MR) is 58.1 cm³/mol. The highest BCUT2D eigenvalue weighted by Crippen LogP contribution is 2.23. The lowest BCUT2D eigenvalue weighted by molar-refractivity contribution is -0.120. The lowest BCUT2D eigenvalue weighted by Gasteiger charge is -2.29. The summed E-state index contributed by atoms with van der Waals surface area (Å²) in [6, 6.07) is 0.633. The van der Waals surface area contributed by atoms with Crippen LogP contribution in [0.15, 0.2) is 0 Å². The zero-order chi connectivity index (χ0) is 10.4. The molecule has 0 radical (unpaired) electrons. The lowest BCUT2D eigenvalue weighted by atomic mass is 9.86. The Hall–Kier alpha value is -0.570. The summed E-state index contributed by atoms with van der Waals surface area (Å²) in [5.74, 6) is 0.898. The molecule has 1 rings (SSSR count). The average molecular weight is 198 g/mol. The van der Waals surface area contributed by atoms with E-state index in [1.807, 2.05) is 0 Å². The van der Waals surface area contributed by atoms with Crippen LogP contribution < -0.4 is 10.6 Å².